The number of aromatic nitrogens is 1. The molecule has 3 heteroatoms. The molecule has 1 heterocycles. The summed E-state index contributed by atoms with van der Waals surface area (Å²) in [7, 11) is 0. The molecule has 1 unspecified atom stereocenters. The fourth-order valence-corrected chi connectivity index (χ4v) is 3.41. The molecule has 0 aliphatic carbocycles. The largest absolute Gasteiger partial charge is 0.299 e. The van der Waals surface area contributed by atoms with Gasteiger partial charge in [-0.2, -0.15) is 0 Å². The van der Waals surface area contributed by atoms with Crippen LogP contribution in [0.1, 0.15) is 31.4 Å². The van der Waals surface area contributed by atoms with E-state index in [0.717, 1.165) is 23.8 Å². The fraction of sp³-hybridized carbons (Fsp3) is 0.304. The third-order valence-electron chi connectivity index (χ3n) is 4.63. The minimum absolute atomic E-state index is 0.0133. The minimum Gasteiger partial charge on any atom is -0.299 e. The van der Waals surface area contributed by atoms with E-state index in [1.807, 2.05) is 30.3 Å². The predicted molar refractivity (Wildman–Crippen MR) is 104 cm³/mol. The van der Waals surface area contributed by atoms with Crippen LogP contribution < -0.4 is 0 Å². The second-order valence-corrected chi connectivity index (χ2v) is 7.31. The number of pyridine rings is 1. The number of nitrogens with zero attached hydrogens (tertiary/aromatic N) is 1. The van der Waals surface area contributed by atoms with Crippen molar-refractivity contribution < 1.29 is 9.18 Å². The lowest BCUT2D eigenvalue weighted by atomic mass is 9.85. The third kappa shape index (κ3) is 4.54. The van der Waals surface area contributed by atoms with Crippen LogP contribution in [0.4, 0.5) is 4.39 Å². The van der Waals surface area contributed by atoms with Gasteiger partial charge in [-0.1, -0.05) is 56.3 Å². The molecule has 3 rings (SSSR count). The molecule has 0 amide bonds. The summed E-state index contributed by atoms with van der Waals surface area (Å²) in [5.41, 5.74) is 2.38. The number of hydrogen-bond donors (Lipinski definition) is 0. The van der Waals surface area contributed by atoms with Gasteiger partial charge < -0.3 is 0 Å². The Labute approximate surface area is 154 Å². The molecule has 0 aliphatic heterocycles. The van der Waals surface area contributed by atoms with Crippen molar-refractivity contribution in [3.63, 3.8) is 0 Å². The molecule has 3 aromatic rings. The normalized spacial score (nSPS) is 12.5. The Bertz CT molecular complexity index is 889. The standard InChI is InChI=1S/C23H24FNO/c1-16(2)11-20(12-17-7-4-3-5-8-17)22(26)14-18-13-19-9-6-10-21(24)23(19)25-15-18/h3-10,13,15-16,20H,11-12,14H2,1-2H3. The number of rotatable bonds is 7. The number of ketones is 1. The van der Waals surface area contributed by atoms with Crippen molar-refractivity contribution in [2.24, 2.45) is 11.8 Å². The number of para-hydroxylation sites is 1. The average Bonchev–Trinajstić information content (AvgIpc) is 2.62. The van der Waals surface area contributed by atoms with Gasteiger partial charge in [0.15, 0.2) is 0 Å². The summed E-state index contributed by atoms with van der Waals surface area (Å²) in [4.78, 5) is 17.2. The number of fused-ring (bicyclic) bond motifs is 1. The van der Waals surface area contributed by atoms with Crippen LogP contribution in [0.15, 0.2) is 60.8 Å². The van der Waals surface area contributed by atoms with Crippen molar-refractivity contribution in [2.45, 2.75) is 33.1 Å². The van der Waals surface area contributed by atoms with Gasteiger partial charge in [-0.05, 0) is 42.0 Å². The third-order valence-corrected chi connectivity index (χ3v) is 4.63. The van der Waals surface area contributed by atoms with Crippen LogP contribution in [0.2, 0.25) is 0 Å². The molecule has 0 bridgehead atoms. The fourth-order valence-electron chi connectivity index (χ4n) is 3.41. The van der Waals surface area contributed by atoms with Gasteiger partial charge in [0, 0.05) is 23.9 Å². The molecule has 0 saturated heterocycles. The van der Waals surface area contributed by atoms with Gasteiger partial charge in [-0.15, -0.1) is 0 Å². The molecule has 0 fully saturated rings. The van der Waals surface area contributed by atoms with E-state index < -0.39 is 0 Å². The molecule has 1 aromatic heterocycles. The molecule has 26 heavy (non-hydrogen) atoms. The van der Waals surface area contributed by atoms with Crippen LogP contribution in [0.3, 0.4) is 0 Å². The number of carbonyl (C=O) groups excluding carboxylic acids is 1. The van der Waals surface area contributed by atoms with Crippen molar-refractivity contribution in [3.05, 3.63) is 77.7 Å². The van der Waals surface area contributed by atoms with Gasteiger partial charge in [0.25, 0.3) is 0 Å². The monoisotopic (exact) mass is 349 g/mol. The molecular formula is C23H24FNO. The Balaban J connectivity index is 1.78. The zero-order valence-corrected chi connectivity index (χ0v) is 15.3. The molecule has 0 spiro atoms. The summed E-state index contributed by atoms with van der Waals surface area (Å²) >= 11 is 0. The number of benzene rings is 2. The molecule has 1 atom stereocenters. The van der Waals surface area contributed by atoms with E-state index in [4.69, 9.17) is 0 Å². The zero-order chi connectivity index (χ0) is 18.5. The highest BCUT2D eigenvalue weighted by molar-refractivity contribution is 5.85. The van der Waals surface area contributed by atoms with Crippen molar-refractivity contribution in [3.8, 4) is 0 Å². The zero-order valence-electron chi connectivity index (χ0n) is 15.3. The highest BCUT2D eigenvalue weighted by Gasteiger charge is 2.21. The van der Waals surface area contributed by atoms with Crippen LogP contribution in [0.5, 0.6) is 0 Å². The first-order valence-corrected chi connectivity index (χ1v) is 9.12. The summed E-state index contributed by atoms with van der Waals surface area (Å²) < 4.78 is 13.8. The van der Waals surface area contributed by atoms with E-state index in [-0.39, 0.29) is 17.5 Å². The SMILES string of the molecule is CC(C)CC(Cc1ccccc1)C(=O)Cc1cnc2c(F)cccc2c1. The van der Waals surface area contributed by atoms with E-state index in [1.54, 1.807) is 12.3 Å². The van der Waals surface area contributed by atoms with E-state index in [1.165, 1.54) is 11.6 Å². The number of carbonyl (C=O) groups is 1. The average molecular weight is 349 g/mol. The van der Waals surface area contributed by atoms with Gasteiger partial charge in [0.2, 0.25) is 0 Å². The van der Waals surface area contributed by atoms with E-state index in [2.05, 4.69) is 31.0 Å². The van der Waals surface area contributed by atoms with Crippen LogP contribution >= 0.6 is 0 Å². The van der Waals surface area contributed by atoms with E-state index in [9.17, 15) is 9.18 Å². The molecular weight excluding hydrogens is 325 g/mol. The Kier molecular flexibility index (Phi) is 5.77. The molecule has 2 nitrogen and oxygen atoms in total. The number of Topliss-reactive ketones (excluding diaryl/α,β-unsaturated/α-hetero) is 1. The Morgan fingerprint density at radius 1 is 1.04 bits per heavy atom. The van der Waals surface area contributed by atoms with E-state index in [0.29, 0.717) is 17.9 Å². The molecule has 134 valence electrons. The summed E-state index contributed by atoms with van der Waals surface area (Å²) in [6, 6.07) is 16.9. The smallest absolute Gasteiger partial charge is 0.149 e. The van der Waals surface area contributed by atoms with Gasteiger partial charge in [0.05, 0.1) is 0 Å². The number of hydrogen-bond acceptors (Lipinski definition) is 2. The van der Waals surface area contributed by atoms with Crippen LogP contribution in [0.25, 0.3) is 10.9 Å². The highest BCUT2D eigenvalue weighted by atomic mass is 19.1. The maximum atomic E-state index is 13.8. The molecule has 0 saturated carbocycles. The summed E-state index contributed by atoms with van der Waals surface area (Å²) in [6.07, 6.45) is 3.58. The lowest BCUT2D eigenvalue weighted by molar-refractivity contribution is -0.122. The first-order valence-electron chi connectivity index (χ1n) is 9.12. The van der Waals surface area contributed by atoms with Crippen LogP contribution in [-0.4, -0.2) is 10.8 Å². The summed E-state index contributed by atoms with van der Waals surface area (Å²) in [6.45, 7) is 4.29. The lowest BCUT2D eigenvalue weighted by Gasteiger charge is -2.18. The Morgan fingerprint density at radius 2 is 1.81 bits per heavy atom. The predicted octanol–water partition coefficient (Wildman–Crippen LogP) is 5.39. The van der Waals surface area contributed by atoms with E-state index >= 15 is 0 Å². The van der Waals surface area contributed by atoms with Crippen LogP contribution in [0, 0.1) is 17.7 Å². The van der Waals surface area contributed by atoms with Crippen molar-refractivity contribution >= 4 is 16.7 Å². The molecule has 2 aromatic carbocycles. The maximum Gasteiger partial charge on any atom is 0.149 e. The van der Waals surface area contributed by atoms with Gasteiger partial charge >= 0.3 is 0 Å². The second-order valence-electron chi connectivity index (χ2n) is 7.31. The molecule has 0 N–H and O–H groups in total. The van der Waals surface area contributed by atoms with Crippen molar-refractivity contribution in [2.75, 3.05) is 0 Å². The minimum atomic E-state index is -0.331. The summed E-state index contributed by atoms with van der Waals surface area (Å²) in [5, 5.41) is 0.735. The molecule has 0 aliphatic rings. The van der Waals surface area contributed by atoms with Gasteiger partial charge in [0.1, 0.15) is 17.1 Å². The molecule has 0 radical (unpaired) electrons. The summed E-state index contributed by atoms with van der Waals surface area (Å²) in [5.74, 6) is 0.333. The van der Waals surface area contributed by atoms with Gasteiger partial charge in [-0.25, -0.2) is 4.39 Å². The highest BCUT2D eigenvalue weighted by Crippen LogP contribution is 2.22. The van der Waals surface area contributed by atoms with Crippen molar-refractivity contribution in [1.82, 2.24) is 4.98 Å². The second kappa shape index (κ2) is 8.22. The van der Waals surface area contributed by atoms with Gasteiger partial charge in [-0.3, -0.25) is 9.78 Å². The quantitative estimate of drug-likeness (QED) is 0.572. The van der Waals surface area contributed by atoms with Crippen LogP contribution in [-0.2, 0) is 17.6 Å². The Hall–Kier alpha value is -2.55. The maximum absolute atomic E-state index is 13.8. The first-order chi connectivity index (χ1) is 12.5. The topological polar surface area (TPSA) is 30.0 Å². The number of halogens is 1. The lowest BCUT2D eigenvalue weighted by Crippen LogP contribution is -2.21. The Morgan fingerprint density at radius 3 is 2.54 bits per heavy atom. The first kappa shape index (κ1) is 18.2. The van der Waals surface area contributed by atoms with Crippen molar-refractivity contribution in [1.29, 1.82) is 0 Å².